The summed E-state index contributed by atoms with van der Waals surface area (Å²) >= 11 is 0. The van der Waals surface area contributed by atoms with Gasteiger partial charge in [-0.1, -0.05) is 43.7 Å². The highest BCUT2D eigenvalue weighted by molar-refractivity contribution is 6.09. The first-order valence-corrected chi connectivity index (χ1v) is 10.0. The molecular weight excluding hydrogens is 372 g/mol. The van der Waals surface area contributed by atoms with Gasteiger partial charge in [0.15, 0.2) is 0 Å². The van der Waals surface area contributed by atoms with E-state index in [2.05, 4.69) is 5.32 Å². The van der Waals surface area contributed by atoms with Crippen LogP contribution in [-0.4, -0.2) is 71.7 Å². The number of imide groups is 1. The molecule has 1 fully saturated rings. The van der Waals surface area contributed by atoms with Crippen LogP contribution in [0.4, 0.5) is 4.79 Å². The minimum atomic E-state index is -1.16. The fraction of sp³-hybridized carbons (Fsp3) is 0.524. The summed E-state index contributed by atoms with van der Waals surface area (Å²) in [7, 11) is 1.50. The molecule has 29 heavy (non-hydrogen) atoms. The lowest BCUT2D eigenvalue weighted by Gasteiger charge is -2.27. The van der Waals surface area contributed by atoms with Crippen LogP contribution in [0, 0.1) is 0 Å². The molecule has 8 heteroatoms. The Morgan fingerprint density at radius 2 is 1.66 bits per heavy atom. The van der Waals surface area contributed by atoms with Gasteiger partial charge >= 0.3 is 6.03 Å². The van der Waals surface area contributed by atoms with E-state index in [1.54, 1.807) is 17.0 Å². The Labute approximate surface area is 171 Å². The number of hydrogen-bond donors (Lipinski definition) is 1. The van der Waals surface area contributed by atoms with Gasteiger partial charge in [0.1, 0.15) is 12.1 Å². The molecule has 0 aliphatic carbocycles. The summed E-state index contributed by atoms with van der Waals surface area (Å²) in [4.78, 5) is 54.5. The number of amides is 5. The molecule has 0 aromatic heterocycles. The number of rotatable bonds is 9. The van der Waals surface area contributed by atoms with Crippen LogP contribution in [-0.2, 0) is 19.9 Å². The van der Waals surface area contributed by atoms with Crippen molar-refractivity contribution in [3.05, 3.63) is 35.9 Å². The van der Waals surface area contributed by atoms with Crippen LogP contribution >= 0.6 is 0 Å². The lowest BCUT2D eigenvalue weighted by Crippen LogP contribution is -2.47. The van der Waals surface area contributed by atoms with Crippen molar-refractivity contribution in [2.24, 2.45) is 0 Å². The van der Waals surface area contributed by atoms with Gasteiger partial charge in [0.2, 0.25) is 11.8 Å². The molecule has 0 unspecified atom stereocenters. The number of urea groups is 1. The zero-order valence-corrected chi connectivity index (χ0v) is 17.6. The summed E-state index contributed by atoms with van der Waals surface area (Å²) < 4.78 is 0. The molecule has 1 saturated heterocycles. The van der Waals surface area contributed by atoms with Gasteiger partial charge in [0.05, 0.1) is 6.54 Å². The second-order valence-electron chi connectivity index (χ2n) is 7.16. The summed E-state index contributed by atoms with van der Waals surface area (Å²) in [5.74, 6) is -1.07. The number of nitrogens with zero attached hydrogens (tertiary/aromatic N) is 3. The van der Waals surface area contributed by atoms with E-state index in [1.807, 2.05) is 39.0 Å². The van der Waals surface area contributed by atoms with Gasteiger partial charge in [-0.15, -0.1) is 0 Å². The van der Waals surface area contributed by atoms with Crippen molar-refractivity contribution in [2.45, 2.75) is 39.2 Å². The van der Waals surface area contributed by atoms with Crippen LogP contribution in [0.5, 0.6) is 0 Å². The van der Waals surface area contributed by atoms with E-state index in [9.17, 15) is 19.2 Å². The Balaban J connectivity index is 2.15. The van der Waals surface area contributed by atoms with Crippen LogP contribution in [0.15, 0.2) is 30.3 Å². The first-order chi connectivity index (χ1) is 13.8. The van der Waals surface area contributed by atoms with Gasteiger partial charge in [-0.2, -0.15) is 0 Å². The molecule has 1 aliphatic rings. The number of carbonyl (C=O) groups excluding carboxylic acids is 4. The van der Waals surface area contributed by atoms with E-state index in [4.69, 9.17) is 0 Å². The SMILES string of the molecule is CCC[C@@]1(c2ccccc2)NC(=O)N(CC(=O)N(C)CC(=O)N(CC)CC)C1=O. The summed E-state index contributed by atoms with van der Waals surface area (Å²) in [5.41, 5.74) is -0.469. The maximum Gasteiger partial charge on any atom is 0.325 e. The molecule has 1 heterocycles. The van der Waals surface area contributed by atoms with Crippen LogP contribution in [0.1, 0.15) is 39.2 Å². The highest BCUT2D eigenvalue weighted by atomic mass is 16.2. The molecule has 5 amide bonds. The Bertz CT molecular complexity index is 763. The summed E-state index contributed by atoms with van der Waals surface area (Å²) in [6, 6.07) is 8.47. The molecule has 0 saturated carbocycles. The predicted molar refractivity (Wildman–Crippen MR) is 109 cm³/mol. The minimum Gasteiger partial charge on any atom is -0.342 e. The van der Waals surface area contributed by atoms with Crippen molar-refractivity contribution >= 4 is 23.8 Å². The average Bonchev–Trinajstić information content (AvgIpc) is 2.94. The molecular formula is C21H30N4O4. The standard InChI is InChI=1S/C21H30N4O4/c1-5-13-21(16-11-9-8-10-12-16)19(28)25(20(29)22-21)15-17(26)23(4)14-18(27)24(6-2)7-3/h8-12H,5-7,13-15H2,1-4H3,(H,22,29)/t21-/m0/s1. The lowest BCUT2D eigenvalue weighted by atomic mass is 9.85. The van der Waals surface area contributed by atoms with E-state index >= 15 is 0 Å². The minimum absolute atomic E-state index is 0.0943. The highest BCUT2D eigenvalue weighted by Crippen LogP contribution is 2.33. The summed E-state index contributed by atoms with van der Waals surface area (Å²) in [5, 5.41) is 2.80. The molecule has 1 atom stereocenters. The van der Waals surface area contributed by atoms with E-state index < -0.39 is 29.9 Å². The van der Waals surface area contributed by atoms with Crippen molar-refractivity contribution in [3.8, 4) is 0 Å². The molecule has 0 spiro atoms. The Kier molecular flexibility index (Phi) is 7.36. The van der Waals surface area contributed by atoms with Crippen LogP contribution in [0.25, 0.3) is 0 Å². The van der Waals surface area contributed by atoms with E-state index in [1.165, 1.54) is 11.9 Å². The number of nitrogens with one attached hydrogen (secondary N) is 1. The van der Waals surface area contributed by atoms with Crippen LogP contribution < -0.4 is 5.32 Å². The number of likely N-dealkylation sites (N-methyl/N-ethyl adjacent to an activating group) is 2. The third-order valence-electron chi connectivity index (χ3n) is 5.28. The third kappa shape index (κ3) is 4.58. The highest BCUT2D eigenvalue weighted by Gasteiger charge is 2.52. The second-order valence-corrected chi connectivity index (χ2v) is 7.16. The zero-order valence-electron chi connectivity index (χ0n) is 17.6. The molecule has 1 aromatic carbocycles. The molecule has 8 nitrogen and oxygen atoms in total. The van der Waals surface area contributed by atoms with Gasteiger partial charge in [-0.05, 0) is 25.8 Å². The molecule has 0 bridgehead atoms. The first kappa shape index (κ1) is 22.4. The largest absolute Gasteiger partial charge is 0.342 e. The van der Waals surface area contributed by atoms with Gasteiger partial charge in [-0.3, -0.25) is 19.3 Å². The van der Waals surface area contributed by atoms with E-state index in [-0.39, 0.29) is 12.5 Å². The quantitative estimate of drug-likeness (QED) is 0.635. The zero-order chi connectivity index (χ0) is 21.6. The molecule has 1 N–H and O–H groups in total. The number of benzene rings is 1. The normalized spacial score (nSPS) is 18.6. The van der Waals surface area contributed by atoms with Crippen LogP contribution in [0.2, 0.25) is 0 Å². The van der Waals surface area contributed by atoms with Gasteiger partial charge in [0, 0.05) is 20.1 Å². The number of hydrogen-bond acceptors (Lipinski definition) is 4. The van der Waals surface area contributed by atoms with E-state index in [0.717, 1.165) is 4.90 Å². The summed E-state index contributed by atoms with van der Waals surface area (Å²) in [6.45, 7) is 6.29. The maximum absolute atomic E-state index is 13.2. The smallest absolute Gasteiger partial charge is 0.325 e. The van der Waals surface area contributed by atoms with Crippen molar-refractivity contribution in [1.29, 1.82) is 0 Å². The monoisotopic (exact) mass is 402 g/mol. The fourth-order valence-corrected chi connectivity index (χ4v) is 3.60. The third-order valence-corrected chi connectivity index (χ3v) is 5.28. The molecule has 158 valence electrons. The molecule has 2 rings (SSSR count). The average molecular weight is 402 g/mol. The van der Waals surface area contributed by atoms with Gasteiger partial charge in [-0.25, -0.2) is 4.79 Å². The number of carbonyl (C=O) groups is 4. The maximum atomic E-state index is 13.2. The van der Waals surface area contributed by atoms with Crippen molar-refractivity contribution in [2.75, 3.05) is 33.2 Å². The Morgan fingerprint density at radius 1 is 1.03 bits per heavy atom. The molecule has 1 aliphatic heterocycles. The Morgan fingerprint density at radius 3 is 2.21 bits per heavy atom. The van der Waals surface area contributed by atoms with Crippen molar-refractivity contribution in [1.82, 2.24) is 20.0 Å². The topological polar surface area (TPSA) is 90.0 Å². The molecule has 1 aromatic rings. The summed E-state index contributed by atoms with van der Waals surface area (Å²) in [6.07, 6.45) is 1.11. The second kappa shape index (κ2) is 9.54. The van der Waals surface area contributed by atoms with Gasteiger partial charge in [0.25, 0.3) is 5.91 Å². The van der Waals surface area contributed by atoms with E-state index in [0.29, 0.717) is 31.5 Å². The Hall–Kier alpha value is -2.90. The van der Waals surface area contributed by atoms with Crippen molar-refractivity contribution < 1.29 is 19.2 Å². The van der Waals surface area contributed by atoms with Crippen LogP contribution in [0.3, 0.4) is 0 Å². The fourth-order valence-electron chi connectivity index (χ4n) is 3.60. The predicted octanol–water partition coefficient (Wildman–Crippen LogP) is 1.56. The molecule has 0 radical (unpaired) electrons. The first-order valence-electron chi connectivity index (χ1n) is 10.0. The lowest BCUT2D eigenvalue weighted by molar-refractivity contribution is -0.142. The van der Waals surface area contributed by atoms with Gasteiger partial charge < -0.3 is 15.1 Å². The van der Waals surface area contributed by atoms with Crippen molar-refractivity contribution in [3.63, 3.8) is 0 Å².